The zero-order valence-corrected chi connectivity index (χ0v) is 14.4. The molecule has 0 bridgehead atoms. The van der Waals surface area contributed by atoms with Gasteiger partial charge < -0.3 is 9.80 Å². The van der Waals surface area contributed by atoms with Crippen molar-refractivity contribution in [3.63, 3.8) is 0 Å². The van der Waals surface area contributed by atoms with Gasteiger partial charge >= 0.3 is 0 Å². The van der Waals surface area contributed by atoms with Gasteiger partial charge in [-0.2, -0.15) is 5.10 Å². The second-order valence-electron chi connectivity index (χ2n) is 7.82. The second kappa shape index (κ2) is 6.31. The Kier molecular flexibility index (Phi) is 4.16. The monoisotopic (exact) mass is 330 g/mol. The molecule has 130 valence electrons. The molecular weight excluding hydrogens is 304 g/mol. The van der Waals surface area contributed by atoms with Gasteiger partial charge in [0.1, 0.15) is 0 Å². The van der Waals surface area contributed by atoms with Crippen molar-refractivity contribution >= 4 is 5.91 Å². The van der Waals surface area contributed by atoms with Crippen LogP contribution in [0.15, 0.2) is 16.9 Å². The minimum Gasteiger partial charge on any atom is -0.345 e. The number of likely N-dealkylation sites (tertiary alicyclic amines) is 2. The molecule has 1 aliphatic carbocycles. The summed E-state index contributed by atoms with van der Waals surface area (Å²) in [6, 6.07) is 3.57. The third kappa shape index (κ3) is 3.38. The van der Waals surface area contributed by atoms with Crippen LogP contribution in [0.25, 0.3) is 0 Å². The summed E-state index contributed by atoms with van der Waals surface area (Å²) in [6.07, 6.45) is 4.11. The number of nitrogens with zero attached hydrogens (tertiary/aromatic N) is 4. The Labute approximate surface area is 142 Å². The molecule has 3 aliphatic rings. The zero-order chi connectivity index (χ0) is 16.7. The molecule has 1 aromatic heterocycles. The third-order valence-electron chi connectivity index (χ3n) is 5.59. The molecule has 1 amide bonds. The lowest BCUT2D eigenvalue weighted by Crippen LogP contribution is -2.52. The van der Waals surface area contributed by atoms with Crippen LogP contribution in [0.4, 0.5) is 0 Å². The highest BCUT2D eigenvalue weighted by Crippen LogP contribution is 2.38. The maximum Gasteiger partial charge on any atom is 0.266 e. The van der Waals surface area contributed by atoms with Gasteiger partial charge in [-0.05, 0) is 31.2 Å². The predicted molar refractivity (Wildman–Crippen MR) is 90.8 cm³/mol. The van der Waals surface area contributed by atoms with Crippen LogP contribution in [0.2, 0.25) is 0 Å². The molecule has 6 nitrogen and oxygen atoms in total. The lowest BCUT2D eigenvalue weighted by Gasteiger charge is -2.42. The van der Waals surface area contributed by atoms with E-state index in [1.165, 1.54) is 12.8 Å². The molecule has 4 rings (SSSR count). The smallest absolute Gasteiger partial charge is 0.266 e. The maximum absolute atomic E-state index is 12.0. The Bertz CT molecular complexity index is 676. The van der Waals surface area contributed by atoms with E-state index in [2.05, 4.69) is 10.00 Å². The van der Waals surface area contributed by atoms with Crippen LogP contribution in [0.1, 0.15) is 37.3 Å². The highest BCUT2D eigenvalue weighted by Gasteiger charge is 2.32. The normalized spacial score (nSPS) is 25.8. The zero-order valence-electron chi connectivity index (χ0n) is 14.4. The molecule has 24 heavy (non-hydrogen) atoms. The molecule has 1 aromatic rings. The van der Waals surface area contributed by atoms with Crippen molar-refractivity contribution in [1.29, 1.82) is 0 Å². The Hall–Kier alpha value is -1.69. The summed E-state index contributed by atoms with van der Waals surface area (Å²) in [6.45, 7) is 4.76. The molecule has 0 spiro atoms. The van der Waals surface area contributed by atoms with Crippen molar-refractivity contribution < 1.29 is 4.79 Å². The van der Waals surface area contributed by atoms with Crippen LogP contribution in [-0.2, 0) is 11.3 Å². The van der Waals surface area contributed by atoms with Gasteiger partial charge in [-0.3, -0.25) is 9.59 Å². The molecule has 6 heteroatoms. The van der Waals surface area contributed by atoms with Crippen LogP contribution >= 0.6 is 0 Å². The number of hydrogen-bond donors (Lipinski definition) is 0. The standard InChI is InChI=1S/C18H26N4O2/c1-20-8-13(2-6-17(20)23)9-21-10-14(11-21)12-22-18(24)7-5-16(19-22)15-3-4-15/h5,7,13-15H,2-4,6,8-12H2,1H3. The summed E-state index contributed by atoms with van der Waals surface area (Å²) in [5.41, 5.74) is 1.10. The van der Waals surface area contributed by atoms with Crippen LogP contribution in [0.5, 0.6) is 0 Å². The van der Waals surface area contributed by atoms with Gasteiger partial charge in [0.05, 0.1) is 12.2 Å². The molecule has 1 unspecified atom stereocenters. The molecule has 1 atom stereocenters. The fourth-order valence-electron chi connectivity index (χ4n) is 3.99. The fourth-order valence-corrected chi connectivity index (χ4v) is 3.99. The van der Waals surface area contributed by atoms with Gasteiger partial charge in [0.2, 0.25) is 5.91 Å². The van der Waals surface area contributed by atoms with Crippen molar-refractivity contribution in [3.8, 4) is 0 Å². The molecule has 0 N–H and O–H groups in total. The summed E-state index contributed by atoms with van der Waals surface area (Å²) in [5, 5.41) is 4.56. The Morgan fingerprint density at radius 2 is 1.83 bits per heavy atom. The largest absolute Gasteiger partial charge is 0.345 e. The lowest BCUT2D eigenvalue weighted by molar-refractivity contribution is -0.133. The topological polar surface area (TPSA) is 58.4 Å². The summed E-state index contributed by atoms with van der Waals surface area (Å²) < 4.78 is 1.67. The lowest BCUT2D eigenvalue weighted by atomic mass is 9.93. The average Bonchev–Trinajstić information content (AvgIpc) is 3.35. The summed E-state index contributed by atoms with van der Waals surface area (Å²) in [5.74, 6) is 1.97. The van der Waals surface area contributed by atoms with E-state index in [-0.39, 0.29) is 11.5 Å². The molecule has 2 aliphatic heterocycles. The summed E-state index contributed by atoms with van der Waals surface area (Å²) in [7, 11) is 1.90. The van der Waals surface area contributed by atoms with Crippen molar-refractivity contribution in [2.24, 2.45) is 11.8 Å². The first-order chi connectivity index (χ1) is 11.6. The predicted octanol–water partition coefficient (Wildman–Crippen LogP) is 0.921. The number of rotatable bonds is 5. The number of carbonyl (C=O) groups excluding carboxylic acids is 1. The van der Waals surface area contributed by atoms with Gasteiger partial charge in [0, 0.05) is 57.5 Å². The van der Waals surface area contributed by atoms with Gasteiger partial charge in [-0.15, -0.1) is 0 Å². The van der Waals surface area contributed by atoms with Crippen LogP contribution in [-0.4, -0.2) is 58.7 Å². The van der Waals surface area contributed by atoms with E-state index < -0.39 is 0 Å². The fraction of sp³-hybridized carbons (Fsp3) is 0.722. The van der Waals surface area contributed by atoms with E-state index in [9.17, 15) is 9.59 Å². The van der Waals surface area contributed by atoms with Gasteiger partial charge in [0.25, 0.3) is 5.56 Å². The van der Waals surface area contributed by atoms with Crippen molar-refractivity contribution in [2.45, 2.75) is 38.1 Å². The molecule has 0 aromatic carbocycles. The third-order valence-corrected chi connectivity index (χ3v) is 5.59. The molecule has 0 radical (unpaired) electrons. The second-order valence-corrected chi connectivity index (χ2v) is 7.82. The first-order valence-electron chi connectivity index (χ1n) is 9.13. The van der Waals surface area contributed by atoms with Gasteiger partial charge in [0.15, 0.2) is 0 Å². The van der Waals surface area contributed by atoms with Gasteiger partial charge in [-0.1, -0.05) is 0 Å². The minimum atomic E-state index is 0.0188. The van der Waals surface area contributed by atoms with Gasteiger partial charge in [-0.25, -0.2) is 4.68 Å². The maximum atomic E-state index is 12.0. The van der Waals surface area contributed by atoms with Crippen molar-refractivity contribution in [3.05, 3.63) is 28.2 Å². The number of hydrogen-bond acceptors (Lipinski definition) is 4. The van der Waals surface area contributed by atoms with E-state index in [4.69, 9.17) is 0 Å². The Morgan fingerprint density at radius 3 is 2.54 bits per heavy atom. The molecule has 2 saturated heterocycles. The molecular formula is C18H26N4O2. The van der Waals surface area contributed by atoms with Crippen LogP contribution < -0.4 is 5.56 Å². The summed E-state index contributed by atoms with van der Waals surface area (Å²) in [4.78, 5) is 27.9. The van der Waals surface area contributed by atoms with E-state index in [1.54, 1.807) is 10.7 Å². The highest BCUT2D eigenvalue weighted by atomic mass is 16.2. The quantitative estimate of drug-likeness (QED) is 0.806. The first-order valence-corrected chi connectivity index (χ1v) is 9.13. The Balaban J connectivity index is 1.27. The molecule has 1 saturated carbocycles. The minimum absolute atomic E-state index is 0.0188. The van der Waals surface area contributed by atoms with Crippen LogP contribution in [0.3, 0.4) is 0 Å². The van der Waals surface area contributed by atoms with E-state index in [0.717, 1.165) is 44.8 Å². The number of amides is 1. The Morgan fingerprint density at radius 1 is 1.04 bits per heavy atom. The molecule has 3 fully saturated rings. The van der Waals surface area contributed by atoms with Crippen LogP contribution in [0, 0.1) is 11.8 Å². The first kappa shape index (κ1) is 15.8. The van der Waals surface area contributed by atoms with Crippen molar-refractivity contribution in [2.75, 3.05) is 33.2 Å². The molecule has 3 heterocycles. The highest BCUT2D eigenvalue weighted by molar-refractivity contribution is 5.76. The SMILES string of the molecule is CN1CC(CN2CC(Cn3nc(C4CC4)ccc3=O)C2)CCC1=O. The number of piperidine rings is 1. The van der Waals surface area contributed by atoms with E-state index in [0.29, 0.717) is 24.2 Å². The average molecular weight is 330 g/mol. The van der Waals surface area contributed by atoms with E-state index in [1.807, 2.05) is 18.0 Å². The number of carbonyl (C=O) groups is 1. The summed E-state index contributed by atoms with van der Waals surface area (Å²) >= 11 is 0. The number of aromatic nitrogens is 2. The van der Waals surface area contributed by atoms with E-state index >= 15 is 0 Å². The van der Waals surface area contributed by atoms with Crippen molar-refractivity contribution in [1.82, 2.24) is 19.6 Å².